The molecule has 4 rings (SSSR count). The van der Waals surface area contributed by atoms with Crippen molar-refractivity contribution in [2.75, 3.05) is 10.6 Å². The van der Waals surface area contributed by atoms with Gasteiger partial charge in [-0.25, -0.2) is 4.98 Å². The molecule has 0 aliphatic rings. The minimum absolute atomic E-state index is 0.486. The van der Waals surface area contributed by atoms with Crippen LogP contribution >= 0.6 is 12.2 Å². The van der Waals surface area contributed by atoms with Gasteiger partial charge in [0.05, 0.1) is 10.9 Å². The summed E-state index contributed by atoms with van der Waals surface area (Å²) in [4.78, 5) is 4.58. The van der Waals surface area contributed by atoms with Gasteiger partial charge in [0, 0.05) is 11.1 Å². The van der Waals surface area contributed by atoms with E-state index in [4.69, 9.17) is 12.2 Å². The largest absolute Gasteiger partial charge is 0.332 e. The van der Waals surface area contributed by atoms with Crippen molar-refractivity contribution in [2.45, 2.75) is 6.92 Å². The Balaban J connectivity index is 1.60. The molecular weight excluding hydrogens is 318 g/mol. The fourth-order valence-corrected chi connectivity index (χ4v) is 2.77. The van der Waals surface area contributed by atoms with E-state index in [1.807, 2.05) is 55.5 Å². The highest BCUT2D eigenvalue weighted by molar-refractivity contribution is 7.80. The number of thiocarbonyl (C=S) groups is 1. The van der Waals surface area contributed by atoms with Crippen LogP contribution in [0.1, 0.15) is 5.56 Å². The van der Waals surface area contributed by atoms with Crippen molar-refractivity contribution in [3.63, 3.8) is 0 Å². The predicted octanol–water partition coefficient (Wildman–Crippen LogP) is 4.23. The zero-order valence-electron chi connectivity index (χ0n) is 13.0. The Labute approximate surface area is 144 Å². The summed E-state index contributed by atoms with van der Waals surface area (Å²) < 4.78 is 0. The van der Waals surface area contributed by atoms with Crippen LogP contribution in [0, 0.1) is 6.92 Å². The fourth-order valence-electron chi connectivity index (χ4n) is 2.55. The van der Waals surface area contributed by atoms with Gasteiger partial charge in [-0.1, -0.05) is 35.9 Å². The number of aryl methyl sites for hydroxylation is 1. The molecule has 4 aromatic rings. The van der Waals surface area contributed by atoms with Crippen LogP contribution in [0.15, 0.2) is 54.6 Å². The average Bonchev–Trinajstić information content (AvgIpc) is 2.97. The summed E-state index contributed by atoms with van der Waals surface area (Å²) in [7, 11) is 0. The molecule has 2 heterocycles. The number of para-hydroxylation sites is 1. The molecule has 0 saturated carbocycles. The third-order valence-electron chi connectivity index (χ3n) is 3.79. The maximum Gasteiger partial charge on any atom is 0.176 e. The second-order valence-electron chi connectivity index (χ2n) is 5.59. The van der Waals surface area contributed by atoms with Crippen LogP contribution in [-0.2, 0) is 0 Å². The lowest BCUT2D eigenvalue weighted by atomic mass is 10.2. The first-order chi connectivity index (χ1) is 11.7. The van der Waals surface area contributed by atoms with Crippen LogP contribution < -0.4 is 10.6 Å². The van der Waals surface area contributed by atoms with Crippen LogP contribution in [0.4, 0.5) is 11.5 Å². The molecule has 0 aliphatic heterocycles. The lowest BCUT2D eigenvalue weighted by molar-refractivity contribution is 1.11. The lowest BCUT2D eigenvalue weighted by Crippen LogP contribution is -2.19. The topological polar surface area (TPSA) is 65.6 Å². The number of H-pyrrole nitrogens is 1. The number of hydrogen-bond acceptors (Lipinski definition) is 3. The summed E-state index contributed by atoms with van der Waals surface area (Å²) in [5.41, 5.74) is 3.80. The van der Waals surface area contributed by atoms with Crippen LogP contribution in [0.3, 0.4) is 0 Å². The predicted molar refractivity (Wildman–Crippen MR) is 102 cm³/mol. The molecule has 5 nitrogen and oxygen atoms in total. The molecule has 0 spiro atoms. The van der Waals surface area contributed by atoms with E-state index in [0.29, 0.717) is 10.9 Å². The Hall–Kier alpha value is -2.99. The minimum atomic E-state index is 0.486. The molecule has 0 radical (unpaired) electrons. The van der Waals surface area contributed by atoms with Gasteiger partial charge in [0.25, 0.3) is 0 Å². The van der Waals surface area contributed by atoms with E-state index < -0.39 is 0 Å². The van der Waals surface area contributed by atoms with Crippen molar-refractivity contribution in [1.82, 2.24) is 15.2 Å². The molecule has 0 aliphatic carbocycles. The van der Waals surface area contributed by atoms with Crippen molar-refractivity contribution >= 4 is 50.8 Å². The molecule has 0 bridgehead atoms. The smallest absolute Gasteiger partial charge is 0.176 e. The van der Waals surface area contributed by atoms with Crippen molar-refractivity contribution in [3.8, 4) is 0 Å². The highest BCUT2D eigenvalue weighted by Crippen LogP contribution is 2.23. The van der Waals surface area contributed by atoms with Crippen LogP contribution in [0.2, 0.25) is 0 Å². The van der Waals surface area contributed by atoms with Gasteiger partial charge in [0.2, 0.25) is 0 Å². The molecule has 2 aromatic carbocycles. The van der Waals surface area contributed by atoms with Crippen LogP contribution in [0.5, 0.6) is 0 Å². The molecule has 0 amide bonds. The maximum absolute atomic E-state index is 5.38. The average molecular weight is 333 g/mol. The van der Waals surface area contributed by atoms with Crippen molar-refractivity contribution in [1.29, 1.82) is 0 Å². The number of nitrogens with zero attached hydrogens (tertiary/aromatic N) is 2. The Bertz CT molecular complexity index is 1040. The summed E-state index contributed by atoms with van der Waals surface area (Å²) in [6.07, 6.45) is 0. The Morgan fingerprint density at radius 3 is 2.67 bits per heavy atom. The summed E-state index contributed by atoms with van der Waals surface area (Å²) in [5.74, 6) is 0.660. The van der Waals surface area contributed by atoms with E-state index in [1.54, 1.807) is 0 Å². The standard InChI is InChI=1S/C18H15N5S/c1-11-6-8-13(9-7-11)19-18(24)21-17-14-10-12-4-2-3-5-15(12)20-16(14)22-23-17/h2-10H,1H3,(H3,19,20,21,22,23,24). The molecule has 0 atom stereocenters. The van der Waals surface area contributed by atoms with Gasteiger partial charge in [-0.15, -0.1) is 0 Å². The first kappa shape index (κ1) is 14.6. The van der Waals surface area contributed by atoms with Gasteiger partial charge >= 0.3 is 0 Å². The number of nitrogens with one attached hydrogen (secondary N) is 3. The Morgan fingerprint density at radius 2 is 1.83 bits per heavy atom. The summed E-state index contributed by atoms with van der Waals surface area (Å²) in [5, 5.41) is 16.0. The molecule has 118 valence electrons. The van der Waals surface area contributed by atoms with Crippen molar-refractivity contribution < 1.29 is 0 Å². The number of benzene rings is 2. The summed E-state index contributed by atoms with van der Waals surface area (Å²) in [6.45, 7) is 2.05. The number of aromatic nitrogens is 3. The second-order valence-corrected chi connectivity index (χ2v) is 6.00. The molecule has 0 fully saturated rings. The van der Waals surface area contributed by atoms with E-state index in [0.717, 1.165) is 27.6 Å². The number of fused-ring (bicyclic) bond motifs is 2. The van der Waals surface area contributed by atoms with Gasteiger partial charge in [-0.05, 0) is 43.4 Å². The van der Waals surface area contributed by atoms with Gasteiger partial charge in [-0.2, -0.15) is 5.10 Å². The number of rotatable bonds is 2. The maximum atomic E-state index is 5.38. The van der Waals surface area contributed by atoms with Crippen molar-refractivity contribution in [2.24, 2.45) is 0 Å². The van der Waals surface area contributed by atoms with E-state index in [1.165, 1.54) is 5.56 Å². The molecule has 3 N–H and O–H groups in total. The number of pyridine rings is 1. The van der Waals surface area contributed by atoms with E-state index in [2.05, 4.69) is 31.9 Å². The molecule has 0 unspecified atom stereocenters. The molecule has 6 heteroatoms. The third-order valence-corrected chi connectivity index (χ3v) is 4.00. The Kier molecular flexibility index (Phi) is 3.59. The zero-order valence-corrected chi connectivity index (χ0v) is 13.8. The van der Waals surface area contributed by atoms with Crippen LogP contribution in [-0.4, -0.2) is 20.3 Å². The highest BCUT2D eigenvalue weighted by atomic mass is 32.1. The van der Waals surface area contributed by atoms with Gasteiger partial charge in [0.15, 0.2) is 16.6 Å². The first-order valence-electron chi connectivity index (χ1n) is 7.57. The SMILES string of the molecule is Cc1ccc(NC(=S)Nc2n[nH]c3nc4ccccc4cc23)cc1. The monoisotopic (exact) mass is 333 g/mol. The molecule has 0 saturated heterocycles. The second kappa shape index (κ2) is 5.90. The number of aromatic amines is 1. The summed E-state index contributed by atoms with van der Waals surface area (Å²) >= 11 is 5.38. The summed E-state index contributed by atoms with van der Waals surface area (Å²) in [6, 6.07) is 18.1. The van der Waals surface area contributed by atoms with Gasteiger partial charge < -0.3 is 10.6 Å². The van der Waals surface area contributed by atoms with Crippen LogP contribution in [0.25, 0.3) is 21.9 Å². The van der Waals surface area contributed by atoms with Crippen molar-refractivity contribution in [3.05, 3.63) is 60.2 Å². The number of hydrogen-bond donors (Lipinski definition) is 3. The third kappa shape index (κ3) is 2.79. The fraction of sp³-hybridized carbons (Fsp3) is 0.0556. The quantitative estimate of drug-likeness (QED) is 0.479. The molecule has 24 heavy (non-hydrogen) atoms. The number of anilines is 2. The highest BCUT2D eigenvalue weighted by Gasteiger charge is 2.10. The normalized spacial score (nSPS) is 10.9. The molecular formula is C18H15N5S. The minimum Gasteiger partial charge on any atom is -0.332 e. The van der Waals surface area contributed by atoms with E-state index in [9.17, 15) is 0 Å². The molecule has 2 aromatic heterocycles. The lowest BCUT2D eigenvalue weighted by Gasteiger charge is -2.09. The van der Waals surface area contributed by atoms with Gasteiger partial charge in [0.1, 0.15) is 0 Å². The first-order valence-corrected chi connectivity index (χ1v) is 7.98. The van der Waals surface area contributed by atoms with E-state index in [-0.39, 0.29) is 0 Å². The van der Waals surface area contributed by atoms with Gasteiger partial charge in [-0.3, -0.25) is 5.10 Å². The zero-order chi connectivity index (χ0) is 16.5. The van der Waals surface area contributed by atoms with E-state index >= 15 is 0 Å². The Morgan fingerprint density at radius 1 is 1.04 bits per heavy atom.